The number of amides is 2. The predicted molar refractivity (Wildman–Crippen MR) is 128 cm³/mol. The van der Waals surface area contributed by atoms with Crippen molar-refractivity contribution in [2.75, 3.05) is 63.7 Å². The van der Waals surface area contributed by atoms with Crippen molar-refractivity contribution in [3.63, 3.8) is 0 Å². The second-order valence-electron chi connectivity index (χ2n) is 8.68. The van der Waals surface area contributed by atoms with E-state index in [1.165, 1.54) is 4.90 Å². The monoisotopic (exact) mass is 450 g/mol. The van der Waals surface area contributed by atoms with Gasteiger partial charge in [0.2, 0.25) is 0 Å². The van der Waals surface area contributed by atoms with Gasteiger partial charge in [-0.3, -0.25) is 0 Å². The molecule has 1 aromatic carbocycles. The highest BCUT2D eigenvalue weighted by atomic mass is 16.5. The van der Waals surface area contributed by atoms with E-state index in [9.17, 15) is 4.79 Å². The van der Waals surface area contributed by atoms with Crippen LogP contribution < -0.4 is 15.5 Å². The van der Waals surface area contributed by atoms with E-state index in [0.29, 0.717) is 25.1 Å². The van der Waals surface area contributed by atoms with E-state index in [-0.39, 0.29) is 6.03 Å². The van der Waals surface area contributed by atoms with Gasteiger partial charge in [0, 0.05) is 38.4 Å². The molecule has 2 aromatic heterocycles. The molecule has 3 aromatic rings. The molecule has 0 unspecified atom stereocenters. The molecule has 2 N–H and O–H groups in total. The van der Waals surface area contributed by atoms with Crippen molar-refractivity contribution in [3.8, 4) is 11.4 Å². The fourth-order valence-corrected chi connectivity index (χ4v) is 4.31. The molecule has 0 bridgehead atoms. The predicted octanol–water partition coefficient (Wildman–Crippen LogP) is 2.35. The van der Waals surface area contributed by atoms with Gasteiger partial charge < -0.3 is 25.2 Å². The Hall–Kier alpha value is -3.24. The standard InChI is InChI=1S/C23H30N8O2/c1-29(2)23(32)26-17-5-3-16(4-6-17)20-27-21(30-11-13-33-14-12-30)19-15-25-31(22(19)28-20)18-7-9-24-10-8-18/h3-6,15,18,24H,7-14H2,1-2H3,(H,26,32). The van der Waals surface area contributed by atoms with Gasteiger partial charge in [-0.2, -0.15) is 5.10 Å². The first-order valence-electron chi connectivity index (χ1n) is 11.5. The first kappa shape index (κ1) is 21.6. The summed E-state index contributed by atoms with van der Waals surface area (Å²) in [7, 11) is 3.43. The molecule has 2 aliphatic rings. The summed E-state index contributed by atoms with van der Waals surface area (Å²) in [6, 6.07) is 7.81. The smallest absolute Gasteiger partial charge is 0.321 e. The number of nitrogens with one attached hydrogen (secondary N) is 2. The van der Waals surface area contributed by atoms with Crippen molar-refractivity contribution in [3.05, 3.63) is 30.5 Å². The first-order valence-corrected chi connectivity index (χ1v) is 11.5. The quantitative estimate of drug-likeness (QED) is 0.629. The summed E-state index contributed by atoms with van der Waals surface area (Å²) in [5.41, 5.74) is 2.50. The summed E-state index contributed by atoms with van der Waals surface area (Å²) in [6.07, 6.45) is 3.97. The second kappa shape index (κ2) is 9.32. The minimum Gasteiger partial charge on any atom is -0.378 e. The molecule has 174 valence electrons. The van der Waals surface area contributed by atoms with Crippen molar-refractivity contribution >= 4 is 28.6 Å². The van der Waals surface area contributed by atoms with Gasteiger partial charge in [-0.1, -0.05) is 0 Å². The van der Waals surface area contributed by atoms with Crippen molar-refractivity contribution in [2.45, 2.75) is 18.9 Å². The number of hydrogen-bond donors (Lipinski definition) is 2. The molecule has 0 atom stereocenters. The van der Waals surface area contributed by atoms with Gasteiger partial charge in [0.15, 0.2) is 11.5 Å². The van der Waals surface area contributed by atoms with Crippen LogP contribution in [0.4, 0.5) is 16.3 Å². The molecule has 10 nitrogen and oxygen atoms in total. The summed E-state index contributed by atoms with van der Waals surface area (Å²) in [6.45, 7) is 4.92. The molecule has 2 saturated heterocycles. The number of anilines is 2. The van der Waals surface area contributed by atoms with Gasteiger partial charge in [-0.15, -0.1) is 0 Å². The largest absolute Gasteiger partial charge is 0.378 e. The maximum Gasteiger partial charge on any atom is 0.321 e. The Morgan fingerprint density at radius 3 is 2.55 bits per heavy atom. The van der Waals surface area contributed by atoms with Crippen LogP contribution in [0.3, 0.4) is 0 Å². The topological polar surface area (TPSA) is 100 Å². The van der Waals surface area contributed by atoms with E-state index in [4.69, 9.17) is 19.8 Å². The van der Waals surface area contributed by atoms with Gasteiger partial charge in [0.25, 0.3) is 0 Å². The van der Waals surface area contributed by atoms with Crippen molar-refractivity contribution < 1.29 is 9.53 Å². The highest BCUT2D eigenvalue weighted by Gasteiger charge is 2.24. The summed E-state index contributed by atoms with van der Waals surface area (Å²) < 4.78 is 7.64. The molecule has 2 aliphatic heterocycles. The fourth-order valence-electron chi connectivity index (χ4n) is 4.31. The zero-order valence-electron chi connectivity index (χ0n) is 19.1. The van der Waals surface area contributed by atoms with Gasteiger partial charge in [0.1, 0.15) is 5.82 Å². The molecule has 2 fully saturated rings. The maximum atomic E-state index is 12.0. The average Bonchev–Trinajstić information content (AvgIpc) is 3.29. The number of fused-ring (bicyclic) bond motifs is 1. The fraction of sp³-hybridized carbons (Fsp3) is 0.478. The van der Waals surface area contributed by atoms with E-state index in [0.717, 1.165) is 67.1 Å². The van der Waals surface area contributed by atoms with E-state index in [2.05, 4.69) is 20.2 Å². The minimum atomic E-state index is -0.166. The highest BCUT2D eigenvalue weighted by molar-refractivity contribution is 5.90. The molecular formula is C23H30N8O2. The zero-order valence-corrected chi connectivity index (χ0v) is 19.1. The third-order valence-electron chi connectivity index (χ3n) is 6.20. The van der Waals surface area contributed by atoms with Crippen LogP contribution in [0.5, 0.6) is 0 Å². The molecule has 5 rings (SSSR count). The molecule has 0 aliphatic carbocycles. The van der Waals surface area contributed by atoms with Crippen molar-refractivity contribution in [2.24, 2.45) is 0 Å². The van der Waals surface area contributed by atoms with E-state index < -0.39 is 0 Å². The van der Waals surface area contributed by atoms with Crippen LogP contribution in [0.25, 0.3) is 22.4 Å². The molecule has 4 heterocycles. The number of ether oxygens (including phenoxy) is 1. The Balaban J connectivity index is 1.54. The average molecular weight is 451 g/mol. The molecule has 10 heteroatoms. The van der Waals surface area contributed by atoms with E-state index in [1.807, 2.05) is 30.5 Å². The number of rotatable bonds is 4. The Morgan fingerprint density at radius 1 is 1.12 bits per heavy atom. The third-order valence-corrected chi connectivity index (χ3v) is 6.20. The van der Waals surface area contributed by atoms with Crippen LogP contribution in [0.2, 0.25) is 0 Å². The number of nitrogens with zero attached hydrogens (tertiary/aromatic N) is 6. The summed E-state index contributed by atoms with van der Waals surface area (Å²) in [4.78, 5) is 25.7. The molecule has 0 spiro atoms. The minimum absolute atomic E-state index is 0.166. The lowest BCUT2D eigenvalue weighted by molar-refractivity contribution is 0.122. The molecule has 33 heavy (non-hydrogen) atoms. The molecule has 2 amide bonds. The number of benzene rings is 1. The van der Waals surface area contributed by atoms with Crippen LogP contribution >= 0.6 is 0 Å². The second-order valence-corrected chi connectivity index (χ2v) is 8.68. The molecular weight excluding hydrogens is 420 g/mol. The molecule has 0 radical (unpaired) electrons. The number of morpholine rings is 1. The van der Waals surface area contributed by atoms with Gasteiger partial charge in [-0.25, -0.2) is 19.4 Å². The van der Waals surface area contributed by atoms with Crippen LogP contribution in [0, 0.1) is 0 Å². The highest BCUT2D eigenvalue weighted by Crippen LogP contribution is 2.31. The number of carbonyl (C=O) groups is 1. The third kappa shape index (κ3) is 4.49. The van der Waals surface area contributed by atoms with Gasteiger partial charge >= 0.3 is 6.03 Å². The Kier molecular flexibility index (Phi) is 6.10. The SMILES string of the molecule is CN(C)C(=O)Nc1ccc(-c2nc(N3CCOCC3)c3cnn(C4CCNCC4)c3n2)cc1. The number of carbonyl (C=O) groups excluding carboxylic acids is 1. The Labute approximate surface area is 192 Å². The lowest BCUT2D eigenvalue weighted by atomic mass is 10.1. The van der Waals surface area contributed by atoms with Crippen LogP contribution in [-0.4, -0.2) is 84.2 Å². The lowest BCUT2D eigenvalue weighted by Gasteiger charge is -2.28. The van der Waals surface area contributed by atoms with E-state index in [1.54, 1.807) is 14.1 Å². The molecule has 0 saturated carbocycles. The zero-order chi connectivity index (χ0) is 22.8. The van der Waals surface area contributed by atoms with Crippen molar-refractivity contribution in [1.29, 1.82) is 0 Å². The van der Waals surface area contributed by atoms with E-state index >= 15 is 0 Å². The Morgan fingerprint density at radius 2 is 1.85 bits per heavy atom. The number of aromatic nitrogens is 4. The van der Waals surface area contributed by atoms with Crippen molar-refractivity contribution in [1.82, 2.24) is 30.0 Å². The Bertz CT molecular complexity index is 1120. The van der Waals surface area contributed by atoms with Crippen LogP contribution in [-0.2, 0) is 4.74 Å². The number of piperidine rings is 1. The number of urea groups is 1. The summed E-state index contributed by atoms with van der Waals surface area (Å²) in [5, 5.41) is 12.0. The van der Waals surface area contributed by atoms with Gasteiger partial charge in [-0.05, 0) is 50.2 Å². The van der Waals surface area contributed by atoms with Gasteiger partial charge in [0.05, 0.1) is 30.8 Å². The number of hydrogen-bond acceptors (Lipinski definition) is 7. The first-order chi connectivity index (χ1) is 16.1. The summed E-state index contributed by atoms with van der Waals surface area (Å²) in [5.74, 6) is 1.56. The normalized spacial score (nSPS) is 17.3. The lowest BCUT2D eigenvalue weighted by Crippen LogP contribution is -2.37. The summed E-state index contributed by atoms with van der Waals surface area (Å²) >= 11 is 0. The maximum absolute atomic E-state index is 12.0. The van der Waals surface area contributed by atoms with Crippen LogP contribution in [0.1, 0.15) is 18.9 Å². The van der Waals surface area contributed by atoms with Crippen LogP contribution in [0.15, 0.2) is 30.5 Å².